The Bertz CT molecular complexity index is 1160. The summed E-state index contributed by atoms with van der Waals surface area (Å²) < 4.78 is 25.2. The first-order valence-corrected chi connectivity index (χ1v) is 10.2. The van der Waals surface area contributed by atoms with Gasteiger partial charge in [0.2, 0.25) is 0 Å². The van der Waals surface area contributed by atoms with Gasteiger partial charge in [-0.3, -0.25) is 9.59 Å². The largest absolute Gasteiger partial charge is 0.496 e. The van der Waals surface area contributed by atoms with Gasteiger partial charge in [-0.25, -0.2) is 4.39 Å². The number of carbonyl (C=O) groups is 2. The maximum Gasteiger partial charge on any atom is 0.263 e. The van der Waals surface area contributed by atoms with Crippen LogP contribution in [0.5, 0.6) is 11.5 Å². The molecule has 32 heavy (non-hydrogen) atoms. The van der Waals surface area contributed by atoms with E-state index in [9.17, 15) is 14.0 Å². The minimum Gasteiger partial charge on any atom is -0.496 e. The third kappa shape index (κ3) is 4.42. The van der Waals surface area contributed by atoms with Crippen molar-refractivity contribution in [1.29, 1.82) is 0 Å². The summed E-state index contributed by atoms with van der Waals surface area (Å²) in [6.45, 7) is 2.35. The van der Waals surface area contributed by atoms with Crippen LogP contribution in [0.15, 0.2) is 66.7 Å². The number of carbonyl (C=O) groups excluding carboxylic acids is 2. The zero-order chi connectivity index (χ0) is 22.7. The Kier molecular flexibility index (Phi) is 6.07. The number of benzene rings is 3. The van der Waals surface area contributed by atoms with E-state index >= 15 is 0 Å². The molecule has 6 nitrogen and oxygen atoms in total. The molecule has 1 aliphatic heterocycles. The second kappa shape index (κ2) is 9.09. The zero-order valence-corrected chi connectivity index (χ0v) is 17.8. The van der Waals surface area contributed by atoms with Crippen LogP contribution in [-0.2, 0) is 17.9 Å². The average Bonchev–Trinajstić information content (AvgIpc) is 2.90. The Hall–Kier alpha value is -3.87. The number of anilines is 1. The Labute approximate surface area is 185 Å². The molecule has 1 unspecified atom stereocenters. The number of hydrogen-bond acceptors (Lipinski definition) is 4. The molecule has 1 atom stereocenters. The average molecular weight is 434 g/mol. The molecule has 3 aromatic carbocycles. The van der Waals surface area contributed by atoms with Gasteiger partial charge >= 0.3 is 0 Å². The molecule has 0 bridgehead atoms. The van der Waals surface area contributed by atoms with Crippen LogP contribution in [0.1, 0.15) is 28.4 Å². The molecule has 164 valence electrons. The number of nitrogens with zero attached hydrogens (tertiary/aromatic N) is 1. The maximum atomic E-state index is 13.9. The fourth-order valence-corrected chi connectivity index (χ4v) is 3.69. The van der Waals surface area contributed by atoms with Crippen molar-refractivity contribution in [2.75, 3.05) is 12.4 Å². The third-order valence-corrected chi connectivity index (χ3v) is 5.31. The second-order valence-corrected chi connectivity index (χ2v) is 7.52. The Morgan fingerprint density at radius 2 is 1.91 bits per heavy atom. The lowest BCUT2D eigenvalue weighted by Crippen LogP contribution is -2.37. The molecule has 1 aliphatic rings. The summed E-state index contributed by atoms with van der Waals surface area (Å²) in [6.07, 6.45) is -0.662. The van der Waals surface area contributed by atoms with Crippen molar-refractivity contribution in [3.05, 3.63) is 89.2 Å². The van der Waals surface area contributed by atoms with Gasteiger partial charge in [0.25, 0.3) is 11.8 Å². The number of rotatable bonds is 5. The van der Waals surface area contributed by atoms with Crippen LogP contribution in [0.3, 0.4) is 0 Å². The number of halogens is 1. The van der Waals surface area contributed by atoms with E-state index in [1.807, 2.05) is 24.3 Å². The normalized spacial score (nSPS) is 15.4. The highest BCUT2D eigenvalue weighted by molar-refractivity contribution is 6.04. The lowest BCUT2D eigenvalue weighted by molar-refractivity contribution is -0.138. The van der Waals surface area contributed by atoms with E-state index in [-0.39, 0.29) is 11.5 Å². The van der Waals surface area contributed by atoms with Gasteiger partial charge in [0.15, 0.2) is 6.10 Å². The Morgan fingerprint density at radius 1 is 1.16 bits per heavy atom. The summed E-state index contributed by atoms with van der Waals surface area (Å²) in [7, 11) is 1.59. The van der Waals surface area contributed by atoms with Gasteiger partial charge in [0.1, 0.15) is 17.3 Å². The molecule has 0 fully saturated rings. The van der Waals surface area contributed by atoms with Crippen molar-refractivity contribution in [3.8, 4) is 11.5 Å². The number of ether oxygens (including phenoxy) is 2. The van der Waals surface area contributed by atoms with Crippen molar-refractivity contribution in [3.63, 3.8) is 0 Å². The summed E-state index contributed by atoms with van der Waals surface area (Å²) in [6, 6.07) is 18.4. The van der Waals surface area contributed by atoms with E-state index in [0.717, 1.165) is 11.1 Å². The Balaban J connectivity index is 1.59. The van der Waals surface area contributed by atoms with E-state index < -0.39 is 17.8 Å². The van der Waals surface area contributed by atoms with Crippen LogP contribution in [0.25, 0.3) is 0 Å². The summed E-state index contributed by atoms with van der Waals surface area (Å²) >= 11 is 0. The smallest absolute Gasteiger partial charge is 0.263 e. The minimum atomic E-state index is -0.662. The summed E-state index contributed by atoms with van der Waals surface area (Å²) in [5.41, 5.74) is 2.06. The van der Waals surface area contributed by atoms with Crippen LogP contribution in [0.2, 0.25) is 0 Å². The molecule has 1 N–H and O–H groups in total. The molecule has 7 heteroatoms. The molecule has 0 saturated carbocycles. The molecular weight excluding hydrogens is 411 g/mol. The molecule has 2 amide bonds. The number of para-hydroxylation sites is 1. The highest BCUT2D eigenvalue weighted by Gasteiger charge is 2.28. The molecule has 0 aromatic heterocycles. The number of nitrogens with one attached hydrogen (secondary N) is 1. The lowest BCUT2D eigenvalue weighted by atomic mass is 10.1. The molecule has 0 aliphatic carbocycles. The highest BCUT2D eigenvalue weighted by Crippen LogP contribution is 2.30. The predicted octanol–water partition coefficient (Wildman–Crippen LogP) is 4.40. The lowest BCUT2D eigenvalue weighted by Gasteiger charge is -2.23. The van der Waals surface area contributed by atoms with Crippen LogP contribution in [-0.4, -0.2) is 29.9 Å². The van der Waals surface area contributed by atoms with Crippen molar-refractivity contribution in [2.45, 2.75) is 26.1 Å². The SMILES string of the molecule is COc1ccccc1CN1Cc2cc(NC(=O)c3ccccc3F)ccc2OC(C)C1=O. The zero-order valence-electron chi connectivity index (χ0n) is 17.8. The van der Waals surface area contributed by atoms with Gasteiger partial charge in [-0.2, -0.15) is 0 Å². The van der Waals surface area contributed by atoms with Crippen molar-refractivity contribution in [2.24, 2.45) is 0 Å². The van der Waals surface area contributed by atoms with Crippen LogP contribution >= 0.6 is 0 Å². The van der Waals surface area contributed by atoms with E-state index in [1.165, 1.54) is 18.2 Å². The Morgan fingerprint density at radius 3 is 2.69 bits per heavy atom. The summed E-state index contributed by atoms with van der Waals surface area (Å²) in [5.74, 6) is -0.0241. The van der Waals surface area contributed by atoms with Crippen LogP contribution < -0.4 is 14.8 Å². The van der Waals surface area contributed by atoms with Crippen LogP contribution in [0, 0.1) is 5.82 Å². The van der Waals surface area contributed by atoms with Gasteiger partial charge in [-0.15, -0.1) is 0 Å². The topological polar surface area (TPSA) is 67.9 Å². The van der Waals surface area contributed by atoms with E-state index in [2.05, 4.69) is 5.32 Å². The van der Waals surface area contributed by atoms with Crippen molar-refractivity contribution in [1.82, 2.24) is 4.90 Å². The quantitative estimate of drug-likeness (QED) is 0.647. The fraction of sp³-hybridized carbons (Fsp3) is 0.200. The van der Waals surface area contributed by atoms with E-state index in [4.69, 9.17) is 9.47 Å². The summed E-state index contributed by atoms with van der Waals surface area (Å²) in [4.78, 5) is 27.1. The monoisotopic (exact) mass is 434 g/mol. The van der Waals surface area contributed by atoms with Gasteiger partial charge in [-0.1, -0.05) is 30.3 Å². The first-order chi connectivity index (χ1) is 15.5. The molecular formula is C25H23FN2O4. The van der Waals surface area contributed by atoms with E-state index in [1.54, 1.807) is 43.2 Å². The van der Waals surface area contributed by atoms with Gasteiger partial charge in [0, 0.05) is 29.9 Å². The minimum absolute atomic E-state index is 0.0414. The second-order valence-electron chi connectivity index (χ2n) is 7.52. The summed E-state index contributed by atoms with van der Waals surface area (Å²) in [5, 5.41) is 2.72. The molecule has 4 rings (SSSR count). The van der Waals surface area contributed by atoms with E-state index in [0.29, 0.717) is 30.3 Å². The number of hydrogen-bond donors (Lipinski definition) is 1. The molecule has 1 heterocycles. The maximum absolute atomic E-state index is 13.9. The van der Waals surface area contributed by atoms with Gasteiger partial charge in [0.05, 0.1) is 12.7 Å². The standard InChI is InChI=1S/C25H23FN2O4/c1-16-25(30)28(14-17-7-3-6-10-22(17)31-2)15-18-13-19(11-12-23(18)32-16)27-24(29)20-8-4-5-9-21(20)26/h3-13,16H,14-15H2,1-2H3,(H,27,29). The van der Waals surface area contributed by atoms with Crippen molar-refractivity contribution < 1.29 is 23.5 Å². The number of methoxy groups -OCH3 is 1. The molecule has 0 radical (unpaired) electrons. The molecule has 0 spiro atoms. The number of amides is 2. The first kappa shape index (κ1) is 21.4. The van der Waals surface area contributed by atoms with Gasteiger partial charge < -0.3 is 19.7 Å². The molecule has 3 aromatic rings. The highest BCUT2D eigenvalue weighted by atomic mass is 19.1. The first-order valence-electron chi connectivity index (χ1n) is 10.2. The fourth-order valence-electron chi connectivity index (χ4n) is 3.69. The molecule has 0 saturated heterocycles. The van der Waals surface area contributed by atoms with Crippen LogP contribution in [0.4, 0.5) is 10.1 Å². The van der Waals surface area contributed by atoms with Crippen molar-refractivity contribution >= 4 is 17.5 Å². The predicted molar refractivity (Wildman–Crippen MR) is 118 cm³/mol. The van der Waals surface area contributed by atoms with Gasteiger partial charge in [-0.05, 0) is 43.3 Å². The number of fused-ring (bicyclic) bond motifs is 1. The third-order valence-electron chi connectivity index (χ3n) is 5.31.